The van der Waals surface area contributed by atoms with Crippen LogP contribution in [0.5, 0.6) is 0 Å². The van der Waals surface area contributed by atoms with Gasteiger partial charge in [0.2, 0.25) is 0 Å². The van der Waals surface area contributed by atoms with Crippen LogP contribution >= 0.6 is 0 Å². The second-order valence-corrected chi connectivity index (χ2v) is 7.64. The van der Waals surface area contributed by atoms with Crippen molar-refractivity contribution in [2.24, 2.45) is 0 Å². The van der Waals surface area contributed by atoms with Crippen LogP contribution in [0, 0.1) is 11.3 Å². The van der Waals surface area contributed by atoms with E-state index in [0.717, 1.165) is 22.4 Å². The summed E-state index contributed by atoms with van der Waals surface area (Å²) in [6.07, 6.45) is -4.06. The molecule has 0 aromatic heterocycles. The third-order valence-electron chi connectivity index (χ3n) is 5.95. The number of benzene rings is 2. The number of nitrogens with zero attached hydrogens (tertiary/aromatic N) is 2. The molecule has 0 saturated carbocycles. The van der Waals surface area contributed by atoms with E-state index in [-0.39, 0.29) is 12.0 Å². The first-order valence-electron chi connectivity index (χ1n) is 9.56. The smallest absolute Gasteiger partial charge is 0.364 e. The van der Waals surface area contributed by atoms with Crippen molar-refractivity contribution in [1.29, 1.82) is 5.26 Å². The van der Waals surface area contributed by atoms with E-state index in [2.05, 4.69) is 23.2 Å². The molecule has 150 valence electrons. The molecule has 0 radical (unpaired) electrons. The normalized spacial score (nSPS) is 23.1. The molecule has 0 spiro atoms. The number of amides is 1. The summed E-state index contributed by atoms with van der Waals surface area (Å²) in [5.41, 5.74) is 4.77. The summed E-state index contributed by atoms with van der Waals surface area (Å²) in [4.78, 5) is 13.7. The molecule has 3 atom stereocenters. The molecule has 2 aromatic carbocycles. The van der Waals surface area contributed by atoms with Crippen LogP contribution in [-0.4, -0.2) is 24.7 Å². The number of carbonyl (C=O) groups is 1. The lowest BCUT2D eigenvalue weighted by Gasteiger charge is -2.41. The second kappa shape index (κ2) is 7.11. The van der Waals surface area contributed by atoms with Gasteiger partial charge in [-0.15, -0.1) is 0 Å². The first-order valence-corrected chi connectivity index (χ1v) is 9.56. The molecule has 1 fully saturated rings. The van der Waals surface area contributed by atoms with Crippen LogP contribution < -0.4 is 10.2 Å². The minimum atomic E-state index is -4.88. The number of nitrogens with one attached hydrogen (secondary N) is 1. The fraction of sp³-hybridized carbons (Fsp3) is 0.364. The molecule has 29 heavy (non-hydrogen) atoms. The number of rotatable bonds is 1. The molecule has 1 saturated heterocycles. The predicted molar refractivity (Wildman–Crippen MR) is 102 cm³/mol. The van der Waals surface area contributed by atoms with E-state index >= 15 is 0 Å². The van der Waals surface area contributed by atoms with E-state index in [9.17, 15) is 23.2 Å². The Morgan fingerprint density at radius 1 is 1.17 bits per heavy atom. The van der Waals surface area contributed by atoms with E-state index in [1.807, 2.05) is 36.4 Å². The van der Waals surface area contributed by atoms with E-state index in [1.54, 1.807) is 6.07 Å². The summed E-state index contributed by atoms with van der Waals surface area (Å²) in [5, 5.41) is 11.5. The molecule has 4 nitrogen and oxygen atoms in total. The fourth-order valence-corrected chi connectivity index (χ4v) is 4.56. The van der Waals surface area contributed by atoms with Gasteiger partial charge in [0.1, 0.15) is 0 Å². The molecule has 2 aliphatic heterocycles. The molecular formula is C22H20F3N3O. The predicted octanol–water partition coefficient (Wildman–Crippen LogP) is 4.41. The van der Waals surface area contributed by atoms with Crippen LogP contribution in [0.25, 0.3) is 0 Å². The Morgan fingerprint density at radius 2 is 1.90 bits per heavy atom. The van der Waals surface area contributed by atoms with Gasteiger partial charge in [0.25, 0.3) is 0 Å². The highest BCUT2D eigenvalue weighted by Crippen LogP contribution is 2.46. The number of anilines is 1. The maximum absolute atomic E-state index is 12.7. The Balaban J connectivity index is 1.75. The first-order chi connectivity index (χ1) is 13.8. The number of hydrogen-bond acceptors (Lipinski definition) is 3. The third-order valence-corrected chi connectivity index (χ3v) is 5.95. The molecule has 4 rings (SSSR count). The highest BCUT2D eigenvalue weighted by Gasteiger charge is 2.42. The lowest BCUT2D eigenvalue weighted by molar-refractivity contribution is -0.174. The van der Waals surface area contributed by atoms with Gasteiger partial charge in [-0.05, 0) is 47.7 Å². The lowest BCUT2D eigenvalue weighted by atomic mass is 9.86. The summed E-state index contributed by atoms with van der Waals surface area (Å²) >= 11 is 0. The van der Waals surface area contributed by atoms with Crippen molar-refractivity contribution in [3.05, 3.63) is 64.7 Å². The van der Waals surface area contributed by atoms with Gasteiger partial charge < -0.3 is 10.2 Å². The Bertz CT molecular complexity index is 996. The van der Waals surface area contributed by atoms with Gasteiger partial charge in [0, 0.05) is 24.2 Å². The van der Waals surface area contributed by atoms with Gasteiger partial charge >= 0.3 is 12.1 Å². The Morgan fingerprint density at radius 3 is 2.59 bits per heavy atom. The van der Waals surface area contributed by atoms with Crippen LogP contribution in [0.15, 0.2) is 42.5 Å². The average Bonchev–Trinajstić information content (AvgIpc) is 2.81. The van der Waals surface area contributed by atoms with E-state index in [0.29, 0.717) is 24.9 Å². The molecule has 7 heteroatoms. The van der Waals surface area contributed by atoms with Gasteiger partial charge in [-0.3, -0.25) is 4.79 Å². The van der Waals surface area contributed by atoms with E-state index in [1.165, 1.54) is 0 Å². The van der Waals surface area contributed by atoms with Crippen molar-refractivity contribution in [3.63, 3.8) is 0 Å². The van der Waals surface area contributed by atoms with Gasteiger partial charge in [-0.25, -0.2) is 0 Å². The Hall–Kier alpha value is -3.01. The van der Waals surface area contributed by atoms with Crippen molar-refractivity contribution >= 4 is 11.6 Å². The summed E-state index contributed by atoms with van der Waals surface area (Å²) in [6, 6.07) is 15.0. The third kappa shape index (κ3) is 3.44. The van der Waals surface area contributed by atoms with Crippen molar-refractivity contribution < 1.29 is 18.0 Å². The van der Waals surface area contributed by atoms with Crippen molar-refractivity contribution in [3.8, 4) is 6.07 Å². The van der Waals surface area contributed by atoms with Gasteiger partial charge in [-0.1, -0.05) is 31.2 Å². The van der Waals surface area contributed by atoms with Crippen LogP contribution in [0.3, 0.4) is 0 Å². The number of carbonyl (C=O) groups excluding carboxylic acids is 1. The monoisotopic (exact) mass is 399 g/mol. The summed E-state index contributed by atoms with van der Waals surface area (Å²) in [5.74, 6) is -1.84. The number of alkyl halides is 3. The van der Waals surface area contributed by atoms with Gasteiger partial charge in [-0.2, -0.15) is 18.4 Å². The molecule has 0 aliphatic carbocycles. The molecule has 1 N–H and O–H groups in total. The maximum Gasteiger partial charge on any atom is 0.471 e. The lowest BCUT2D eigenvalue weighted by Crippen LogP contribution is -2.49. The summed E-state index contributed by atoms with van der Waals surface area (Å²) in [7, 11) is 0. The first kappa shape index (κ1) is 19.3. The van der Waals surface area contributed by atoms with E-state index in [4.69, 9.17) is 0 Å². The Kier molecular flexibility index (Phi) is 4.73. The zero-order chi connectivity index (χ0) is 20.8. The van der Waals surface area contributed by atoms with E-state index < -0.39 is 18.1 Å². The summed E-state index contributed by atoms with van der Waals surface area (Å²) < 4.78 is 38.1. The quantitative estimate of drug-likeness (QED) is 0.773. The van der Waals surface area contributed by atoms with Crippen molar-refractivity contribution in [2.45, 2.75) is 43.9 Å². The minimum Gasteiger partial charge on any atom is -0.364 e. The molecule has 2 aliphatic rings. The van der Waals surface area contributed by atoms with Crippen molar-refractivity contribution in [1.82, 2.24) is 5.32 Å². The number of fused-ring (bicyclic) bond motifs is 5. The molecule has 0 unspecified atom stereocenters. The van der Waals surface area contributed by atoms with Crippen LogP contribution in [0.1, 0.15) is 54.0 Å². The molecule has 0 bridgehead atoms. The molecule has 2 aromatic rings. The van der Waals surface area contributed by atoms with Gasteiger partial charge in [0.15, 0.2) is 0 Å². The largest absolute Gasteiger partial charge is 0.471 e. The zero-order valence-electron chi connectivity index (χ0n) is 15.8. The van der Waals surface area contributed by atoms with Gasteiger partial charge in [0.05, 0.1) is 17.7 Å². The van der Waals surface area contributed by atoms with Crippen LogP contribution in [0.4, 0.5) is 18.9 Å². The highest BCUT2D eigenvalue weighted by molar-refractivity contribution is 5.82. The topological polar surface area (TPSA) is 56.1 Å². The number of hydrogen-bond donors (Lipinski definition) is 1. The van der Waals surface area contributed by atoms with Crippen LogP contribution in [-0.2, 0) is 4.79 Å². The SMILES string of the molecule is C[C@@H]1c2ccccc2[C@H]2C[C@H](NC(=O)C(F)(F)F)CCN2c2ccc(C#N)cc21. The highest BCUT2D eigenvalue weighted by atomic mass is 19.4. The fourth-order valence-electron chi connectivity index (χ4n) is 4.56. The number of halogens is 3. The molecule has 2 heterocycles. The van der Waals surface area contributed by atoms with Crippen LogP contribution in [0.2, 0.25) is 0 Å². The average molecular weight is 399 g/mol. The molecule has 1 amide bonds. The molecular weight excluding hydrogens is 379 g/mol. The number of piperidine rings is 1. The minimum absolute atomic E-state index is 0.0447. The van der Waals surface area contributed by atoms with Crippen molar-refractivity contribution in [2.75, 3.05) is 11.4 Å². The zero-order valence-corrected chi connectivity index (χ0v) is 15.8. The Labute approximate surface area is 166 Å². The standard InChI is InChI=1S/C22H20F3N3O/c1-13-16-4-2-3-5-17(16)20-11-15(27-21(29)22(23,24)25)8-9-28(20)19-7-6-14(12-26)10-18(13)19/h2-7,10,13,15,20H,8-9,11H2,1H3,(H,27,29)/t13-,15-,20-/m1/s1. The number of nitriles is 1. The maximum atomic E-state index is 12.7. The summed E-state index contributed by atoms with van der Waals surface area (Å²) in [6.45, 7) is 2.60. The second-order valence-electron chi connectivity index (χ2n) is 7.64.